The summed E-state index contributed by atoms with van der Waals surface area (Å²) in [5, 5.41) is 8.25. The summed E-state index contributed by atoms with van der Waals surface area (Å²) in [6.45, 7) is 14.4. The maximum atomic E-state index is 4.68. The third-order valence-electron chi connectivity index (χ3n) is 3.96. The van der Waals surface area contributed by atoms with Crippen molar-refractivity contribution >= 4 is 0 Å². The smallest absolute Gasteiger partial charge is 0.0537 e. The van der Waals surface area contributed by atoms with Gasteiger partial charge >= 0.3 is 0 Å². The highest BCUT2D eigenvalue weighted by atomic mass is 15.3. The van der Waals surface area contributed by atoms with Crippen LogP contribution in [0.5, 0.6) is 0 Å². The van der Waals surface area contributed by atoms with Gasteiger partial charge in [-0.1, -0.05) is 13.8 Å². The molecule has 1 atom stereocenters. The summed E-state index contributed by atoms with van der Waals surface area (Å²) in [7, 11) is 0. The lowest BCUT2D eigenvalue weighted by molar-refractivity contribution is 0.409. The van der Waals surface area contributed by atoms with Gasteiger partial charge in [0.25, 0.3) is 0 Å². The minimum absolute atomic E-state index is 0.151. The second-order valence-corrected chi connectivity index (χ2v) is 7.34. The summed E-state index contributed by atoms with van der Waals surface area (Å²) < 4.78 is 2.28. The number of nitrogens with one attached hydrogen (secondary N) is 1. The van der Waals surface area contributed by atoms with Gasteiger partial charge in [0.05, 0.1) is 12.2 Å². The number of aromatic nitrogens is 2. The van der Waals surface area contributed by atoms with Crippen LogP contribution in [-0.4, -0.2) is 15.3 Å². The standard InChI is InChI=1S/C16H29N3/c1-11(2)15-14(9-17-16(4,5)6)10-18-19(15)12(3)13-7-8-13/h10-13,17H,7-9H2,1-6H3. The monoisotopic (exact) mass is 263 g/mol. The highest BCUT2D eigenvalue weighted by molar-refractivity contribution is 5.22. The molecule has 1 aliphatic rings. The van der Waals surface area contributed by atoms with Gasteiger partial charge in [-0.05, 0) is 52.4 Å². The lowest BCUT2D eigenvalue weighted by Crippen LogP contribution is -2.35. The molecule has 3 heteroatoms. The predicted molar refractivity (Wildman–Crippen MR) is 80.3 cm³/mol. The van der Waals surface area contributed by atoms with Crippen molar-refractivity contribution in [3.63, 3.8) is 0 Å². The van der Waals surface area contributed by atoms with Crippen molar-refractivity contribution in [3.8, 4) is 0 Å². The van der Waals surface area contributed by atoms with Crippen LogP contribution in [0.1, 0.15) is 77.6 Å². The van der Waals surface area contributed by atoms with Crippen LogP contribution in [0.4, 0.5) is 0 Å². The molecule has 0 bridgehead atoms. The van der Waals surface area contributed by atoms with Crippen LogP contribution in [0.2, 0.25) is 0 Å². The average molecular weight is 263 g/mol. The van der Waals surface area contributed by atoms with E-state index in [0.29, 0.717) is 12.0 Å². The average Bonchev–Trinajstić information content (AvgIpc) is 3.03. The van der Waals surface area contributed by atoms with Crippen LogP contribution in [0.25, 0.3) is 0 Å². The molecular weight excluding hydrogens is 234 g/mol. The van der Waals surface area contributed by atoms with Gasteiger partial charge in [0.15, 0.2) is 0 Å². The Hall–Kier alpha value is -0.830. The summed E-state index contributed by atoms with van der Waals surface area (Å²) >= 11 is 0. The largest absolute Gasteiger partial charge is 0.308 e. The maximum Gasteiger partial charge on any atom is 0.0537 e. The first-order valence-corrected chi connectivity index (χ1v) is 7.61. The van der Waals surface area contributed by atoms with E-state index in [9.17, 15) is 0 Å². The Labute approximate surface area is 117 Å². The van der Waals surface area contributed by atoms with Crippen LogP contribution < -0.4 is 5.32 Å². The van der Waals surface area contributed by atoms with Gasteiger partial charge in [-0.15, -0.1) is 0 Å². The Balaban J connectivity index is 2.19. The third-order valence-corrected chi connectivity index (χ3v) is 3.96. The third kappa shape index (κ3) is 3.59. The SMILES string of the molecule is CC(C)c1c(CNC(C)(C)C)cnn1C(C)C1CC1. The second-order valence-electron chi connectivity index (χ2n) is 7.34. The molecule has 0 aliphatic heterocycles. The van der Waals surface area contributed by atoms with E-state index >= 15 is 0 Å². The van der Waals surface area contributed by atoms with Gasteiger partial charge in [0.1, 0.15) is 0 Å². The molecule has 3 nitrogen and oxygen atoms in total. The second kappa shape index (κ2) is 5.28. The van der Waals surface area contributed by atoms with E-state index < -0.39 is 0 Å². The van der Waals surface area contributed by atoms with E-state index in [0.717, 1.165) is 12.5 Å². The molecule has 0 spiro atoms. The number of hydrogen-bond acceptors (Lipinski definition) is 2. The highest BCUT2D eigenvalue weighted by Gasteiger charge is 2.31. The molecule has 1 aromatic heterocycles. The fraction of sp³-hybridized carbons (Fsp3) is 0.812. The predicted octanol–water partition coefficient (Wildman–Crippen LogP) is 3.87. The molecule has 1 aromatic rings. The quantitative estimate of drug-likeness (QED) is 0.874. The summed E-state index contributed by atoms with van der Waals surface area (Å²) in [6, 6.07) is 0.556. The first kappa shape index (κ1) is 14.6. The van der Waals surface area contributed by atoms with Gasteiger partial charge in [0.2, 0.25) is 0 Å². The minimum atomic E-state index is 0.151. The molecular formula is C16H29N3. The minimum Gasteiger partial charge on any atom is -0.308 e. The van der Waals surface area contributed by atoms with E-state index in [-0.39, 0.29) is 5.54 Å². The fourth-order valence-electron chi connectivity index (χ4n) is 2.64. The Morgan fingerprint density at radius 3 is 2.42 bits per heavy atom. The van der Waals surface area contributed by atoms with Crippen LogP contribution in [-0.2, 0) is 6.54 Å². The Kier molecular flexibility index (Phi) is 4.05. The zero-order chi connectivity index (χ0) is 14.2. The molecule has 2 rings (SSSR count). The maximum absolute atomic E-state index is 4.68. The summed E-state index contributed by atoms with van der Waals surface area (Å²) in [4.78, 5) is 0. The Bertz CT molecular complexity index is 422. The Morgan fingerprint density at radius 1 is 1.32 bits per heavy atom. The van der Waals surface area contributed by atoms with Crippen LogP contribution in [0.3, 0.4) is 0 Å². The molecule has 1 fully saturated rings. The van der Waals surface area contributed by atoms with Crippen molar-refractivity contribution in [2.75, 3.05) is 0 Å². The zero-order valence-electron chi connectivity index (χ0n) is 13.3. The summed E-state index contributed by atoms with van der Waals surface area (Å²) in [6.07, 6.45) is 4.80. The van der Waals surface area contributed by atoms with E-state index in [1.54, 1.807) is 0 Å². The normalized spacial score (nSPS) is 18.1. The van der Waals surface area contributed by atoms with Gasteiger partial charge in [-0.2, -0.15) is 5.10 Å². The molecule has 19 heavy (non-hydrogen) atoms. The van der Waals surface area contributed by atoms with E-state index in [1.165, 1.54) is 24.1 Å². The number of rotatable bonds is 5. The van der Waals surface area contributed by atoms with Crippen molar-refractivity contribution in [2.24, 2.45) is 5.92 Å². The summed E-state index contributed by atoms with van der Waals surface area (Å²) in [5.74, 6) is 1.38. The molecule has 1 N–H and O–H groups in total. The molecule has 1 aliphatic carbocycles. The van der Waals surface area contributed by atoms with Gasteiger partial charge in [-0.25, -0.2) is 0 Å². The summed E-state index contributed by atoms with van der Waals surface area (Å²) in [5.41, 5.74) is 2.92. The van der Waals surface area contributed by atoms with Crippen LogP contribution in [0.15, 0.2) is 6.20 Å². The van der Waals surface area contributed by atoms with Crippen molar-refractivity contribution in [1.29, 1.82) is 0 Å². The molecule has 1 saturated carbocycles. The van der Waals surface area contributed by atoms with Crippen LogP contribution in [0, 0.1) is 5.92 Å². The van der Waals surface area contributed by atoms with Crippen molar-refractivity contribution in [1.82, 2.24) is 15.1 Å². The Morgan fingerprint density at radius 2 is 1.95 bits per heavy atom. The topological polar surface area (TPSA) is 29.9 Å². The van der Waals surface area contributed by atoms with E-state index in [4.69, 9.17) is 0 Å². The van der Waals surface area contributed by atoms with E-state index in [2.05, 4.69) is 62.8 Å². The zero-order valence-corrected chi connectivity index (χ0v) is 13.3. The molecule has 0 amide bonds. The number of hydrogen-bond donors (Lipinski definition) is 1. The first-order valence-electron chi connectivity index (χ1n) is 7.61. The number of nitrogens with zero attached hydrogens (tertiary/aromatic N) is 2. The van der Waals surface area contributed by atoms with E-state index in [1.807, 2.05) is 0 Å². The van der Waals surface area contributed by atoms with Gasteiger partial charge in [-0.3, -0.25) is 4.68 Å². The molecule has 1 unspecified atom stereocenters. The molecule has 1 heterocycles. The molecule has 0 saturated heterocycles. The van der Waals surface area contributed by atoms with Crippen molar-refractivity contribution in [2.45, 2.75) is 78.4 Å². The first-order chi connectivity index (χ1) is 8.79. The van der Waals surface area contributed by atoms with Crippen molar-refractivity contribution < 1.29 is 0 Å². The van der Waals surface area contributed by atoms with Crippen LogP contribution >= 0.6 is 0 Å². The van der Waals surface area contributed by atoms with Gasteiger partial charge < -0.3 is 5.32 Å². The molecule has 0 aromatic carbocycles. The molecule has 0 radical (unpaired) electrons. The lowest BCUT2D eigenvalue weighted by atomic mass is 10.0. The molecule has 108 valence electrons. The van der Waals surface area contributed by atoms with Crippen molar-refractivity contribution in [3.05, 3.63) is 17.5 Å². The lowest BCUT2D eigenvalue weighted by Gasteiger charge is -2.22. The van der Waals surface area contributed by atoms with Gasteiger partial charge in [0, 0.05) is 23.3 Å². The fourth-order valence-corrected chi connectivity index (χ4v) is 2.64. The highest BCUT2D eigenvalue weighted by Crippen LogP contribution is 2.40.